The Bertz CT molecular complexity index is 1410. The number of nitrogens with one attached hydrogen (secondary N) is 1. The third kappa shape index (κ3) is 5.95. The Morgan fingerprint density at radius 2 is 1.81 bits per heavy atom. The Hall–Kier alpha value is -3.63. The average Bonchev–Trinajstić information content (AvgIpc) is 3.52. The Labute approximate surface area is 218 Å². The summed E-state index contributed by atoms with van der Waals surface area (Å²) in [7, 11) is 0. The van der Waals surface area contributed by atoms with E-state index >= 15 is 0 Å². The molecule has 0 saturated heterocycles. The highest BCUT2D eigenvalue weighted by Gasteiger charge is 2.23. The van der Waals surface area contributed by atoms with Gasteiger partial charge in [-0.25, -0.2) is 4.98 Å². The first-order valence-corrected chi connectivity index (χ1v) is 12.3. The van der Waals surface area contributed by atoms with Gasteiger partial charge < -0.3 is 9.55 Å². The summed E-state index contributed by atoms with van der Waals surface area (Å²) in [5.74, 6) is 0.326. The molecule has 4 nitrogen and oxygen atoms in total. The maximum atomic E-state index is 13.2. The van der Waals surface area contributed by atoms with Crippen LogP contribution in [0.4, 0.5) is 0 Å². The molecule has 2 aromatic heterocycles. The van der Waals surface area contributed by atoms with E-state index in [0.29, 0.717) is 18.6 Å². The predicted octanol–water partition coefficient (Wildman–Crippen LogP) is 7.26. The highest BCUT2D eigenvalue weighted by Crippen LogP contribution is 2.36. The molecule has 0 bridgehead atoms. The molecule has 1 unspecified atom stereocenters. The fourth-order valence-corrected chi connectivity index (χ4v) is 4.99. The molecule has 0 aliphatic rings. The van der Waals surface area contributed by atoms with Crippen molar-refractivity contribution in [1.82, 2.24) is 14.5 Å². The first kappa shape index (κ1) is 25.5. The molecule has 5 rings (SSSR count). The van der Waals surface area contributed by atoms with Crippen LogP contribution in [0.1, 0.15) is 53.1 Å². The maximum Gasteiger partial charge on any atom is 0.133 e. The minimum absolute atomic E-state index is 0. The summed E-state index contributed by atoms with van der Waals surface area (Å²) in [6.45, 7) is 2.92. The van der Waals surface area contributed by atoms with Crippen LogP contribution >= 0.6 is 12.4 Å². The van der Waals surface area contributed by atoms with Crippen LogP contribution in [0.15, 0.2) is 97.6 Å². The number of halogens is 1. The van der Waals surface area contributed by atoms with Gasteiger partial charge in [0.15, 0.2) is 0 Å². The molecule has 1 N–H and O–H groups in total. The second-order valence-corrected chi connectivity index (χ2v) is 9.36. The normalized spacial score (nSPS) is 11.8. The van der Waals surface area contributed by atoms with Crippen molar-refractivity contribution in [3.05, 3.63) is 126 Å². The van der Waals surface area contributed by atoms with E-state index in [4.69, 9.17) is 0 Å². The number of imidazole rings is 1. The number of aromatic amines is 1. The van der Waals surface area contributed by atoms with Gasteiger partial charge in [-0.1, -0.05) is 78.4 Å². The molecule has 184 valence electrons. The number of aromatic nitrogens is 3. The van der Waals surface area contributed by atoms with Crippen LogP contribution in [0.2, 0.25) is 0 Å². The van der Waals surface area contributed by atoms with Crippen molar-refractivity contribution in [2.45, 2.75) is 45.1 Å². The SMILES string of the molecule is Cc1cccc(C(CC(=O)CCCc2cnc[nH]2)c2cn(Cc3ccccc3)c3ccccc23)c1.Cl. The molecule has 5 heteroatoms. The van der Waals surface area contributed by atoms with Crippen molar-refractivity contribution in [2.24, 2.45) is 0 Å². The standard InChI is InChI=1S/C31H31N3O.ClH/c1-23-9-7-12-25(17-23)29(18-27(35)14-8-13-26-19-32-22-33-26)30-21-34(20-24-10-3-2-4-11-24)31-16-6-5-15-28(30)31;/h2-7,9-12,15-17,19,21-22,29H,8,13-14,18,20H2,1H3,(H,32,33);1H. The molecule has 36 heavy (non-hydrogen) atoms. The van der Waals surface area contributed by atoms with Gasteiger partial charge in [0.25, 0.3) is 0 Å². The van der Waals surface area contributed by atoms with E-state index in [1.165, 1.54) is 33.2 Å². The lowest BCUT2D eigenvalue weighted by atomic mass is 9.85. The summed E-state index contributed by atoms with van der Waals surface area (Å²) < 4.78 is 2.32. The number of nitrogens with zero attached hydrogens (tertiary/aromatic N) is 2. The molecule has 5 aromatic rings. The zero-order valence-corrected chi connectivity index (χ0v) is 21.4. The quantitative estimate of drug-likeness (QED) is 0.221. The van der Waals surface area contributed by atoms with Crippen molar-refractivity contribution in [3.63, 3.8) is 0 Å². The van der Waals surface area contributed by atoms with Crippen molar-refractivity contribution in [1.29, 1.82) is 0 Å². The van der Waals surface area contributed by atoms with E-state index in [9.17, 15) is 4.79 Å². The monoisotopic (exact) mass is 497 g/mol. The lowest BCUT2D eigenvalue weighted by Crippen LogP contribution is -2.09. The number of H-pyrrole nitrogens is 1. The second-order valence-electron chi connectivity index (χ2n) is 9.36. The van der Waals surface area contributed by atoms with Crippen LogP contribution in [-0.4, -0.2) is 20.3 Å². The number of hydrogen-bond acceptors (Lipinski definition) is 2. The number of benzene rings is 3. The van der Waals surface area contributed by atoms with Crippen molar-refractivity contribution in [3.8, 4) is 0 Å². The lowest BCUT2D eigenvalue weighted by molar-refractivity contribution is -0.119. The Balaban J connectivity index is 0.00000304. The number of fused-ring (bicyclic) bond motifs is 1. The fourth-order valence-electron chi connectivity index (χ4n) is 4.99. The van der Waals surface area contributed by atoms with E-state index in [1.54, 1.807) is 6.33 Å². The molecule has 0 amide bonds. The number of ketones is 1. The van der Waals surface area contributed by atoms with Crippen LogP contribution in [0.25, 0.3) is 10.9 Å². The molecular weight excluding hydrogens is 466 g/mol. The number of aryl methyl sites for hydroxylation is 2. The van der Waals surface area contributed by atoms with Gasteiger partial charge in [0.1, 0.15) is 5.78 Å². The summed E-state index contributed by atoms with van der Waals surface area (Å²) in [5.41, 5.74) is 7.19. The third-order valence-corrected chi connectivity index (χ3v) is 6.72. The van der Waals surface area contributed by atoms with E-state index in [2.05, 4.69) is 107 Å². The molecule has 1 atom stereocenters. The van der Waals surface area contributed by atoms with Gasteiger partial charge in [0.2, 0.25) is 0 Å². The van der Waals surface area contributed by atoms with E-state index in [0.717, 1.165) is 25.1 Å². The molecule has 2 heterocycles. The van der Waals surface area contributed by atoms with Crippen LogP contribution in [0.5, 0.6) is 0 Å². The van der Waals surface area contributed by atoms with Crippen molar-refractivity contribution < 1.29 is 4.79 Å². The van der Waals surface area contributed by atoms with Gasteiger partial charge in [-0.05, 0) is 42.5 Å². The average molecular weight is 498 g/mol. The summed E-state index contributed by atoms with van der Waals surface area (Å²) in [6.07, 6.45) is 8.55. The molecule has 3 aromatic carbocycles. The Morgan fingerprint density at radius 1 is 1.00 bits per heavy atom. The summed E-state index contributed by atoms with van der Waals surface area (Å²) in [6, 6.07) is 27.7. The number of carbonyl (C=O) groups is 1. The van der Waals surface area contributed by atoms with Crippen molar-refractivity contribution >= 4 is 29.1 Å². The summed E-state index contributed by atoms with van der Waals surface area (Å²) in [5, 5.41) is 1.22. The zero-order chi connectivity index (χ0) is 24.0. The van der Waals surface area contributed by atoms with Crippen LogP contribution in [-0.2, 0) is 17.8 Å². The first-order valence-electron chi connectivity index (χ1n) is 12.3. The topological polar surface area (TPSA) is 50.7 Å². The second kappa shape index (κ2) is 11.9. The highest BCUT2D eigenvalue weighted by atomic mass is 35.5. The number of para-hydroxylation sites is 1. The summed E-state index contributed by atoms with van der Waals surface area (Å²) >= 11 is 0. The van der Waals surface area contributed by atoms with Crippen LogP contribution < -0.4 is 0 Å². The molecule has 0 fully saturated rings. The Morgan fingerprint density at radius 3 is 2.58 bits per heavy atom. The van der Waals surface area contributed by atoms with Gasteiger partial charge in [0.05, 0.1) is 6.33 Å². The molecule has 0 radical (unpaired) electrons. The lowest BCUT2D eigenvalue weighted by Gasteiger charge is -2.17. The van der Waals surface area contributed by atoms with Crippen LogP contribution in [0, 0.1) is 6.92 Å². The van der Waals surface area contributed by atoms with Gasteiger partial charge >= 0.3 is 0 Å². The smallest absolute Gasteiger partial charge is 0.133 e. The fraction of sp³-hybridized carbons (Fsp3) is 0.226. The minimum atomic E-state index is 0. The number of Topliss-reactive ketones (excluding diaryl/α,β-unsaturated/α-hetero) is 1. The molecular formula is C31H32ClN3O. The summed E-state index contributed by atoms with van der Waals surface area (Å²) in [4.78, 5) is 20.4. The van der Waals surface area contributed by atoms with Crippen molar-refractivity contribution in [2.75, 3.05) is 0 Å². The molecule has 0 saturated carbocycles. The van der Waals surface area contributed by atoms with Crippen LogP contribution in [0.3, 0.4) is 0 Å². The van der Waals surface area contributed by atoms with E-state index < -0.39 is 0 Å². The van der Waals surface area contributed by atoms with Gasteiger partial charge in [0, 0.05) is 54.3 Å². The van der Waals surface area contributed by atoms with Gasteiger partial charge in [-0.15, -0.1) is 12.4 Å². The molecule has 0 spiro atoms. The van der Waals surface area contributed by atoms with Gasteiger partial charge in [-0.3, -0.25) is 4.79 Å². The Kier molecular flexibility index (Phi) is 8.40. The predicted molar refractivity (Wildman–Crippen MR) is 149 cm³/mol. The van der Waals surface area contributed by atoms with Gasteiger partial charge in [-0.2, -0.15) is 0 Å². The zero-order valence-electron chi connectivity index (χ0n) is 20.6. The first-order chi connectivity index (χ1) is 17.2. The molecule has 0 aliphatic carbocycles. The van der Waals surface area contributed by atoms with E-state index in [-0.39, 0.29) is 18.3 Å². The maximum absolute atomic E-state index is 13.2. The number of rotatable bonds is 10. The number of hydrogen-bond donors (Lipinski definition) is 1. The van der Waals surface area contributed by atoms with E-state index in [1.807, 2.05) is 6.20 Å². The molecule has 0 aliphatic heterocycles. The largest absolute Gasteiger partial charge is 0.348 e. The third-order valence-electron chi connectivity index (χ3n) is 6.72. The highest BCUT2D eigenvalue weighted by molar-refractivity contribution is 5.87. The minimum Gasteiger partial charge on any atom is -0.348 e. The number of carbonyl (C=O) groups excluding carboxylic acids is 1.